The Morgan fingerprint density at radius 3 is 2.53 bits per heavy atom. The molecule has 0 aromatic carbocycles. The van der Waals surface area contributed by atoms with E-state index in [1.807, 2.05) is 6.92 Å². The fraction of sp³-hybridized carbons (Fsp3) is 0.421. The first-order valence-electron chi connectivity index (χ1n) is 9.27. The number of ether oxygens (including phenoxy) is 2. The standard InChI is InChI=1S/C19H23N3O7S/c1-5-7-29-18(26)13-10(3)14(19(27)28-6-2)30-16(13)21-15(23)12-8-20-22(9-12)11(4)17(24)25/h8-9,11H,5-7H2,1-4H3,(H,21,23)(H,24,25). The Kier molecular flexibility index (Phi) is 7.70. The lowest BCUT2D eigenvalue weighted by Gasteiger charge is -2.07. The topological polar surface area (TPSA) is 137 Å². The summed E-state index contributed by atoms with van der Waals surface area (Å²) in [7, 11) is 0. The molecule has 1 amide bonds. The zero-order valence-electron chi connectivity index (χ0n) is 17.1. The van der Waals surface area contributed by atoms with Crippen molar-refractivity contribution < 1.29 is 33.8 Å². The van der Waals surface area contributed by atoms with Crippen LogP contribution in [-0.4, -0.2) is 51.9 Å². The highest BCUT2D eigenvalue weighted by atomic mass is 32.1. The highest BCUT2D eigenvalue weighted by Gasteiger charge is 2.28. The van der Waals surface area contributed by atoms with Gasteiger partial charge in [-0.25, -0.2) is 14.4 Å². The average Bonchev–Trinajstić information content (AvgIpc) is 3.31. The number of esters is 2. The number of carboxylic acid groups (broad SMARTS) is 1. The second kappa shape index (κ2) is 10.0. The number of carbonyl (C=O) groups is 4. The molecule has 2 aromatic heterocycles. The molecule has 2 N–H and O–H groups in total. The van der Waals surface area contributed by atoms with E-state index in [-0.39, 0.29) is 34.2 Å². The SMILES string of the molecule is CCCOC(=O)c1c(NC(=O)c2cnn(C(C)C(=O)O)c2)sc(C(=O)OCC)c1C. The number of nitrogens with one attached hydrogen (secondary N) is 1. The number of nitrogens with zero attached hydrogens (tertiary/aromatic N) is 2. The summed E-state index contributed by atoms with van der Waals surface area (Å²) in [5.41, 5.74) is 0.529. The van der Waals surface area contributed by atoms with Gasteiger partial charge in [0, 0.05) is 6.20 Å². The van der Waals surface area contributed by atoms with E-state index in [1.54, 1.807) is 13.8 Å². The number of hydrogen-bond donors (Lipinski definition) is 2. The smallest absolute Gasteiger partial charge is 0.348 e. The molecule has 30 heavy (non-hydrogen) atoms. The number of amides is 1. The van der Waals surface area contributed by atoms with Gasteiger partial charge in [-0.1, -0.05) is 6.92 Å². The maximum absolute atomic E-state index is 12.7. The van der Waals surface area contributed by atoms with Crippen molar-refractivity contribution in [1.82, 2.24) is 9.78 Å². The molecule has 1 unspecified atom stereocenters. The molecule has 10 nitrogen and oxygen atoms in total. The highest BCUT2D eigenvalue weighted by molar-refractivity contribution is 7.18. The van der Waals surface area contributed by atoms with Crippen molar-refractivity contribution in [2.45, 2.75) is 40.2 Å². The van der Waals surface area contributed by atoms with Crippen molar-refractivity contribution >= 4 is 40.2 Å². The quantitative estimate of drug-likeness (QED) is 0.571. The normalized spacial score (nSPS) is 11.6. The summed E-state index contributed by atoms with van der Waals surface area (Å²) in [5, 5.41) is 15.7. The fourth-order valence-corrected chi connectivity index (χ4v) is 3.54. The van der Waals surface area contributed by atoms with Gasteiger partial charge in [0.2, 0.25) is 0 Å². The lowest BCUT2D eigenvalue weighted by Crippen LogP contribution is -2.17. The molecule has 162 valence electrons. The molecule has 0 saturated heterocycles. The molecule has 0 bridgehead atoms. The third-order valence-corrected chi connectivity index (χ3v) is 5.28. The summed E-state index contributed by atoms with van der Waals surface area (Å²) in [6.07, 6.45) is 3.12. The summed E-state index contributed by atoms with van der Waals surface area (Å²) >= 11 is 0.908. The first-order valence-corrected chi connectivity index (χ1v) is 10.1. The van der Waals surface area contributed by atoms with Crippen molar-refractivity contribution in [3.05, 3.63) is 34.0 Å². The molecular formula is C19H23N3O7S. The first kappa shape index (κ1) is 23.1. The molecule has 0 radical (unpaired) electrons. The van der Waals surface area contributed by atoms with Crippen LogP contribution in [0.25, 0.3) is 0 Å². The molecule has 0 aliphatic rings. The summed E-state index contributed by atoms with van der Waals surface area (Å²) in [4.78, 5) is 48.7. The van der Waals surface area contributed by atoms with E-state index < -0.39 is 29.9 Å². The number of hydrogen-bond acceptors (Lipinski definition) is 8. The van der Waals surface area contributed by atoms with Crippen LogP contribution in [0, 0.1) is 6.92 Å². The second-order valence-electron chi connectivity index (χ2n) is 6.29. The van der Waals surface area contributed by atoms with E-state index in [0.717, 1.165) is 16.0 Å². The summed E-state index contributed by atoms with van der Waals surface area (Å²) in [6, 6.07) is -0.953. The van der Waals surface area contributed by atoms with Crippen LogP contribution in [0.2, 0.25) is 0 Å². The summed E-state index contributed by atoms with van der Waals surface area (Å²) in [5.74, 6) is -2.97. The Labute approximate surface area is 176 Å². The lowest BCUT2D eigenvalue weighted by atomic mass is 10.1. The highest BCUT2D eigenvalue weighted by Crippen LogP contribution is 2.34. The number of anilines is 1. The van der Waals surface area contributed by atoms with Crippen LogP contribution < -0.4 is 5.32 Å². The van der Waals surface area contributed by atoms with Crippen molar-refractivity contribution in [2.24, 2.45) is 0 Å². The van der Waals surface area contributed by atoms with Crippen LogP contribution >= 0.6 is 11.3 Å². The third kappa shape index (κ3) is 5.03. The van der Waals surface area contributed by atoms with Crippen LogP contribution in [0.1, 0.15) is 69.2 Å². The van der Waals surface area contributed by atoms with E-state index in [9.17, 15) is 19.2 Å². The molecule has 2 rings (SSSR count). The van der Waals surface area contributed by atoms with E-state index in [4.69, 9.17) is 14.6 Å². The van der Waals surface area contributed by atoms with Crippen LogP contribution in [0.15, 0.2) is 12.4 Å². The van der Waals surface area contributed by atoms with Gasteiger partial charge in [0.25, 0.3) is 5.91 Å². The third-order valence-electron chi connectivity index (χ3n) is 4.09. The number of carbonyl (C=O) groups excluding carboxylic acids is 3. The maximum atomic E-state index is 12.7. The van der Waals surface area contributed by atoms with Gasteiger partial charge in [0.05, 0.1) is 30.5 Å². The van der Waals surface area contributed by atoms with E-state index in [2.05, 4.69) is 10.4 Å². The van der Waals surface area contributed by atoms with Gasteiger partial charge in [-0.2, -0.15) is 5.10 Å². The second-order valence-corrected chi connectivity index (χ2v) is 7.31. The van der Waals surface area contributed by atoms with Gasteiger partial charge in [-0.3, -0.25) is 9.48 Å². The van der Waals surface area contributed by atoms with Gasteiger partial charge in [-0.05, 0) is 32.8 Å². The Balaban J connectivity index is 2.36. The van der Waals surface area contributed by atoms with Crippen molar-refractivity contribution in [2.75, 3.05) is 18.5 Å². The van der Waals surface area contributed by atoms with E-state index >= 15 is 0 Å². The summed E-state index contributed by atoms with van der Waals surface area (Å²) in [6.45, 7) is 6.86. The van der Waals surface area contributed by atoms with Gasteiger partial charge in [-0.15, -0.1) is 11.3 Å². The Morgan fingerprint density at radius 2 is 1.93 bits per heavy atom. The Hall–Kier alpha value is -3.21. The largest absolute Gasteiger partial charge is 0.480 e. The summed E-state index contributed by atoms with van der Waals surface area (Å²) < 4.78 is 11.3. The predicted molar refractivity (Wildman–Crippen MR) is 108 cm³/mol. The van der Waals surface area contributed by atoms with E-state index in [1.165, 1.54) is 19.3 Å². The Morgan fingerprint density at radius 1 is 1.23 bits per heavy atom. The average molecular weight is 437 g/mol. The fourth-order valence-electron chi connectivity index (χ4n) is 2.46. The lowest BCUT2D eigenvalue weighted by molar-refractivity contribution is -0.140. The van der Waals surface area contributed by atoms with Crippen molar-refractivity contribution in [3.63, 3.8) is 0 Å². The molecule has 1 atom stereocenters. The van der Waals surface area contributed by atoms with Gasteiger partial charge in [0.15, 0.2) is 0 Å². The zero-order chi connectivity index (χ0) is 22.4. The number of aromatic nitrogens is 2. The Bertz CT molecular complexity index is 963. The van der Waals surface area contributed by atoms with Gasteiger partial charge < -0.3 is 19.9 Å². The molecule has 11 heteroatoms. The number of carboxylic acids is 1. The molecule has 0 saturated carbocycles. The minimum absolute atomic E-state index is 0.0798. The van der Waals surface area contributed by atoms with E-state index in [0.29, 0.717) is 12.0 Å². The molecule has 0 aliphatic carbocycles. The first-order chi connectivity index (χ1) is 14.2. The van der Waals surface area contributed by atoms with Crippen LogP contribution in [0.4, 0.5) is 5.00 Å². The molecule has 0 aliphatic heterocycles. The van der Waals surface area contributed by atoms with Crippen LogP contribution in [-0.2, 0) is 14.3 Å². The number of aliphatic carboxylic acids is 1. The predicted octanol–water partition coefficient (Wildman–Crippen LogP) is 2.89. The van der Waals surface area contributed by atoms with Crippen LogP contribution in [0.3, 0.4) is 0 Å². The molecule has 2 aromatic rings. The van der Waals surface area contributed by atoms with Crippen molar-refractivity contribution in [1.29, 1.82) is 0 Å². The molecule has 0 fully saturated rings. The van der Waals surface area contributed by atoms with Gasteiger partial charge in [0.1, 0.15) is 15.9 Å². The number of thiophene rings is 1. The monoisotopic (exact) mass is 437 g/mol. The minimum atomic E-state index is -1.10. The minimum Gasteiger partial charge on any atom is -0.480 e. The zero-order valence-corrected chi connectivity index (χ0v) is 17.9. The van der Waals surface area contributed by atoms with Crippen LogP contribution in [0.5, 0.6) is 0 Å². The molecule has 0 spiro atoms. The molecular weight excluding hydrogens is 414 g/mol. The van der Waals surface area contributed by atoms with Gasteiger partial charge >= 0.3 is 17.9 Å². The number of rotatable bonds is 9. The maximum Gasteiger partial charge on any atom is 0.348 e. The molecule has 2 heterocycles. The van der Waals surface area contributed by atoms with Crippen molar-refractivity contribution in [3.8, 4) is 0 Å².